The first-order chi connectivity index (χ1) is 15.3. The van der Waals surface area contributed by atoms with Gasteiger partial charge in [-0.25, -0.2) is 22.8 Å². The summed E-state index contributed by atoms with van der Waals surface area (Å²) in [4.78, 5) is 17.0. The van der Waals surface area contributed by atoms with Crippen molar-refractivity contribution >= 4 is 11.6 Å². The Hall–Kier alpha value is -4.14. The van der Waals surface area contributed by atoms with Crippen molar-refractivity contribution in [1.82, 2.24) is 14.8 Å². The van der Waals surface area contributed by atoms with Crippen LogP contribution in [0.25, 0.3) is 5.69 Å². The average molecular weight is 438 g/mol. The molecule has 0 bridgehead atoms. The number of anilines is 1. The third-order valence-electron chi connectivity index (χ3n) is 4.69. The Morgan fingerprint density at radius 2 is 1.69 bits per heavy atom. The molecule has 162 valence electrons. The second-order valence-electron chi connectivity index (χ2n) is 6.95. The van der Waals surface area contributed by atoms with Crippen molar-refractivity contribution < 1.29 is 22.7 Å². The number of rotatable bonds is 5. The fourth-order valence-corrected chi connectivity index (χ4v) is 3.19. The van der Waals surface area contributed by atoms with Crippen molar-refractivity contribution in [2.24, 2.45) is 0 Å². The average Bonchev–Trinajstić information content (AvgIpc) is 3.05. The molecule has 0 aliphatic carbocycles. The number of aromatic nitrogens is 3. The van der Waals surface area contributed by atoms with Gasteiger partial charge in [-0.1, -0.05) is 0 Å². The van der Waals surface area contributed by atoms with E-state index in [1.54, 1.807) is 26.0 Å². The Balaban J connectivity index is 1.51. The minimum atomic E-state index is -0.788. The van der Waals surface area contributed by atoms with E-state index in [1.165, 1.54) is 41.2 Å². The monoisotopic (exact) mass is 438 g/mol. The molecule has 2 aromatic heterocycles. The molecule has 0 saturated heterocycles. The van der Waals surface area contributed by atoms with Crippen LogP contribution in [0, 0.1) is 31.3 Å². The summed E-state index contributed by atoms with van der Waals surface area (Å²) in [6, 6.07) is 11.8. The van der Waals surface area contributed by atoms with E-state index in [1.807, 2.05) is 0 Å². The first kappa shape index (κ1) is 21.1. The normalized spacial score (nSPS) is 10.8. The zero-order chi connectivity index (χ0) is 22.8. The van der Waals surface area contributed by atoms with Crippen LogP contribution >= 0.6 is 0 Å². The Labute approximate surface area is 181 Å². The van der Waals surface area contributed by atoms with E-state index < -0.39 is 17.5 Å². The van der Waals surface area contributed by atoms with Crippen LogP contribution in [0.1, 0.15) is 21.7 Å². The van der Waals surface area contributed by atoms with Crippen molar-refractivity contribution in [3.8, 4) is 17.3 Å². The summed E-state index contributed by atoms with van der Waals surface area (Å²) >= 11 is 0. The molecule has 32 heavy (non-hydrogen) atoms. The van der Waals surface area contributed by atoms with Gasteiger partial charge in [-0.2, -0.15) is 5.10 Å². The zero-order valence-electron chi connectivity index (χ0n) is 17.1. The first-order valence-corrected chi connectivity index (χ1v) is 9.54. The molecule has 0 fully saturated rings. The molecular formula is C23H17F3N4O2. The van der Waals surface area contributed by atoms with Crippen LogP contribution in [0.4, 0.5) is 18.9 Å². The number of ether oxygens (including phenoxy) is 1. The molecule has 1 N–H and O–H groups in total. The number of aryl methyl sites for hydroxylation is 1. The molecule has 6 nitrogen and oxygen atoms in total. The van der Waals surface area contributed by atoms with Gasteiger partial charge in [0.2, 0.25) is 5.88 Å². The van der Waals surface area contributed by atoms with Crippen LogP contribution in [-0.4, -0.2) is 20.7 Å². The fourth-order valence-electron chi connectivity index (χ4n) is 3.19. The largest absolute Gasteiger partial charge is 0.439 e. The summed E-state index contributed by atoms with van der Waals surface area (Å²) in [6.07, 6.45) is 1.41. The number of nitrogens with zero attached hydrogens (tertiary/aromatic N) is 3. The van der Waals surface area contributed by atoms with Gasteiger partial charge >= 0.3 is 0 Å². The molecule has 0 aliphatic heterocycles. The number of hydrogen-bond donors (Lipinski definition) is 1. The second kappa shape index (κ2) is 8.54. The number of carbonyl (C=O) groups excluding carboxylic acids is 1. The number of nitrogens with one attached hydrogen (secondary N) is 1. The fraction of sp³-hybridized carbons (Fsp3) is 0.0870. The van der Waals surface area contributed by atoms with Crippen LogP contribution in [0.2, 0.25) is 0 Å². The lowest BCUT2D eigenvalue weighted by molar-refractivity contribution is 0.102. The first-order valence-electron chi connectivity index (χ1n) is 9.54. The third-order valence-corrected chi connectivity index (χ3v) is 4.69. The van der Waals surface area contributed by atoms with Crippen LogP contribution in [0.5, 0.6) is 11.6 Å². The minimum absolute atomic E-state index is 0.0370. The molecule has 0 radical (unpaired) electrons. The van der Waals surface area contributed by atoms with Gasteiger partial charge in [-0.3, -0.25) is 4.79 Å². The maximum atomic E-state index is 14.2. The minimum Gasteiger partial charge on any atom is -0.439 e. The Kier molecular flexibility index (Phi) is 5.63. The van der Waals surface area contributed by atoms with Crippen LogP contribution in [0.15, 0.2) is 60.8 Å². The van der Waals surface area contributed by atoms with Gasteiger partial charge in [0.05, 0.1) is 28.8 Å². The van der Waals surface area contributed by atoms with Gasteiger partial charge in [0.15, 0.2) is 5.82 Å². The number of halogens is 3. The van der Waals surface area contributed by atoms with Crippen LogP contribution in [-0.2, 0) is 0 Å². The van der Waals surface area contributed by atoms with Crippen molar-refractivity contribution in [1.29, 1.82) is 0 Å². The lowest BCUT2D eigenvalue weighted by Gasteiger charge is -2.08. The highest BCUT2D eigenvalue weighted by Crippen LogP contribution is 2.23. The molecule has 1 amide bonds. The number of hydrogen-bond acceptors (Lipinski definition) is 4. The second-order valence-corrected chi connectivity index (χ2v) is 6.95. The smallest absolute Gasteiger partial charge is 0.259 e. The number of carbonyl (C=O) groups is 1. The van der Waals surface area contributed by atoms with Gasteiger partial charge in [0.1, 0.15) is 23.1 Å². The molecule has 4 aromatic rings. The van der Waals surface area contributed by atoms with Crippen LogP contribution in [0.3, 0.4) is 0 Å². The quantitative estimate of drug-likeness (QED) is 0.456. The highest BCUT2D eigenvalue weighted by Gasteiger charge is 2.21. The highest BCUT2D eigenvalue weighted by atomic mass is 19.1. The maximum absolute atomic E-state index is 14.2. The van der Waals surface area contributed by atoms with E-state index in [2.05, 4.69) is 15.4 Å². The summed E-state index contributed by atoms with van der Waals surface area (Å²) in [5.41, 5.74) is 1.49. The predicted molar refractivity (Wildman–Crippen MR) is 112 cm³/mol. The van der Waals surface area contributed by atoms with E-state index in [0.29, 0.717) is 22.8 Å². The number of benzene rings is 2. The van der Waals surface area contributed by atoms with Crippen molar-refractivity contribution in [3.05, 3.63) is 95.2 Å². The molecule has 0 aliphatic rings. The SMILES string of the molecule is Cc1nn(-c2ccc(F)cc2F)c(C)c1C(=O)Nc1ccc(Oc2ccc(F)cc2)nc1. The molecule has 0 saturated carbocycles. The molecular weight excluding hydrogens is 421 g/mol. The topological polar surface area (TPSA) is 69.0 Å². The van der Waals surface area contributed by atoms with Gasteiger partial charge in [-0.15, -0.1) is 0 Å². The molecule has 2 aromatic carbocycles. The zero-order valence-corrected chi connectivity index (χ0v) is 17.1. The number of amides is 1. The lowest BCUT2D eigenvalue weighted by Crippen LogP contribution is -2.14. The van der Waals surface area contributed by atoms with E-state index in [0.717, 1.165) is 12.1 Å². The molecule has 9 heteroatoms. The van der Waals surface area contributed by atoms with E-state index >= 15 is 0 Å². The van der Waals surface area contributed by atoms with Gasteiger partial charge in [0, 0.05) is 12.1 Å². The summed E-state index contributed by atoms with van der Waals surface area (Å²) in [5.74, 6) is -1.64. The molecule has 0 atom stereocenters. The van der Waals surface area contributed by atoms with E-state index in [9.17, 15) is 18.0 Å². The van der Waals surface area contributed by atoms with Crippen molar-refractivity contribution in [2.45, 2.75) is 13.8 Å². The van der Waals surface area contributed by atoms with Crippen LogP contribution < -0.4 is 10.1 Å². The third kappa shape index (κ3) is 4.31. The molecule has 2 heterocycles. The Morgan fingerprint density at radius 1 is 0.969 bits per heavy atom. The Bertz CT molecular complexity index is 1290. The summed E-state index contributed by atoms with van der Waals surface area (Å²) in [5, 5.41) is 6.95. The summed E-state index contributed by atoms with van der Waals surface area (Å²) in [7, 11) is 0. The van der Waals surface area contributed by atoms with Crippen molar-refractivity contribution in [2.75, 3.05) is 5.32 Å². The number of pyridine rings is 1. The van der Waals surface area contributed by atoms with E-state index in [4.69, 9.17) is 4.74 Å². The Morgan fingerprint density at radius 3 is 2.34 bits per heavy atom. The maximum Gasteiger partial charge on any atom is 0.259 e. The predicted octanol–water partition coefficient (Wildman–Crippen LogP) is 5.35. The van der Waals surface area contributed by atoms with Gasteiger partial charge in [-0.05, 0) is 56.3 Å². The van der Waals surface area contributed by atoms with Crippen molar-refractivity contribution in [3.63, 3.8) is 0 Å². The van der Waals surface area contributed by atoms with Gasteiger partial charge < -0.3 is 10.1 Å². The summed E-state index contributed by atoms with van der Waals surface area (Å²) < 4.78 is 47.2. The summed E-state index contributed by atoms with van der Waals surface area (Å²) in [6.45, 7) is 3.24. The standard InChI is InChI=1S/C23H17F3N4O2/c1-13-22(14(2)30(29-13)20-9-5-16(25)11-19(20)26)23(31)28-17-6-10-21(27-12-17)32-18-7-3-15(24)4-8-18/h3-12H,1-2H3,(H,28,31). The molecule has 0 unspecified atom stereocenters. The highest BCUT2D eigenvalue weighted by molar-refractivity contribution is 6.05. The lowest BCUT2D eigenvalue weighted by atomic mass is 10.1. The molecule has 0 spiro atoms. The van der Waals surface area contributed by atoms with E-state index in [-0.39, 0.29) is 22.9 Å². The molecule has 4 rings (SSSR count). The van der Waals surface area contributed by atoms with Gasteiger partial charge in [0.25, 0.3) is 5.91 Å².